The van der Waals surface area contributed by atoms with E-state index < -0.39 is 27.8 Å². The number of aryl methyl sites for hydroxylation is 1. The molecule has 2 aromatic carbocycles. The van der Waals surface area contributed by atoms with E-state index in [1.807, 2.05) is 6.92 Å². The van der Waals surface area contributed by atoms with Crippen molar-refractivity contribution in [3.8, 4) is 0 Å². The first-order chi connectivity index (χ1) is 10.8. The molecule has 0 aliphatic rings. The van der Waals surface area contributed by atoms with Crippen LogP contribution in [0.15, 0.2) is 53.4 Å². The van der Waals surface area contributed by atoms with E-state index in [-0.39, 0.29) is 4.90 Å². The molecule has 0 bridgehead atoms. The highest BCUT2D eigenvalue weighted by molar-refractivity contribution is 7.89. The van der Waals surface area contributed by atoms with Gasteiger partial charge in [0.25, 0.3) is 0 Å². The summed E-state index contributed by atoms with van der Waals surface area (Å²) in [5.74, 6) is -0.955. The molecule has 0 spiro atoms. The van der Waals surface area contributed by atoms with Crippen molar-refractivity contribution in [2.75, 3.05) is 5.32 Å². The third kappa shape index (κ3) is 4.61. The Morgan fingerprint density at radius 1 is 1.04 bits per heavy atom. The largest absolute Gasteiger partial charge is 0.325 e. The number of carbonyl (C=O) groups is 1. The average molecular weight is 336 g/mol. The van der Waals surface area contributed by atoms with Gasteiger partial charge in [-0.3, -0.25) is 4.79 Å². The molecule has 2 N–H and O–H groups in total. The lowest BCUT2D eigenvalue weighted by Crippen LogP contribution is -2.41. The van der Waals surface area contributed by atoms with Crippen molar-refractivity contribution in [1.82, 2.24) is 4.72 Å². The molecule has 0 fully saturated rings. The molecule has 7 heteroatoms. The van der Waals surface area contributed by atoms with Crippen molar-refractivity contribution >= 4 is 21.6 Å². The summed E-state index contributed by atoms with van der Waals surface area (Å²) >= 11 is 0. The molecular formula is C16H17FN2O3S. The summed E-state index contributed by atoms with van der Waals surface area (Å²) in [6.45, 7) is 3.28. The minimum absolute atomic E-state index is 0.0875. The van der Waals surface area contributed by atoms with Gasteiger partial charge in [-0.2, -0.15) is 4.72 Å². The van der Waals surface area contributed by atoms with Crippen molar-refractivity contribution in [1.29, 1.82) is 0 Å². The van der Waals surface area contributed by atoms with Gasteiger partial charge in [-0.1, -0.05) is 17.7 Å². The third-order valence-electron chi connectivity index (χ3n) is 3.17. The van der Waals surface area contributed by atoms with E-state index in [0.717, 1.165) is 5.56 Å². The standard InChI is InChI=1S/C16H17FN2O3S/c1-11-3-9-15(10-4-11)23(21,22)19-12(2)16(20)18-14-7-5-13(17)6-8-14/h3-10,12,19H,1-2H3,(H,18,20). The fourth-order valence-electron chi connectivity index (χ4n) is 1.86. The smallest absolute Gasteiger partial charge is 0.242 e. The molecule has 0 heterocycles. The summed E-state index contributed by atoms with van der Waals surface area (Å²) in [6.07, 6.45) is 0. The third-order valence-corrected chi connectivity index (χ3v) is 4.72. The first-order valence-electron chi connectivity index (χ1n) is 6.93. The Labute approximate surface area is 134 Å². The van der Waals surface area contributed by atoms with Crippen LogP contribution in [-0.2, 0) is 14.8 Å². The Balaban J connectivity index is 2.05. The van der Waals surface area contributed by atoms with Crippen LogP contribution in [0.2, 0.25) is 0 Å². The summed E-state index contributed by atoms with van der Waals surface area (Å²) in [5, 5.41) is 2.52. The van der Waals surface area contributed by atoms with Crippen LogP contribution in [0.5, 0.6) is 0 Å². The second-order valence-corrected chi connectivity index (χ2v) is 6.87. The van der Waals surface area contributed by atoms with Gasteiger partial charge in [0, 0.05) is 5.69 Å². The Kier molecular flexibility index (Phi) is 5.12. The summed E-state index contributed by atoms with van der Waals surface area (Å²) in [5.41, 5.74) is 1.32. The molecule has 0 saturated carbocycles. The molecule has 0 radical (unpaired) electrons. The van der Waals surface area contributed by atoms with Crippen molar-refractivity contribution in [2.24, 2.45) is 0 Å². The highest BCUT2D eigenvalue weighted by atomic mass is 32.2. The maximum atomic E-state index is 12.8. The second kappa shape index (κ2) is 6.89. The van der Waals surface area contributed by atoms with Gasteiger partial charge in [-0.15, -0.1) is 0 Å². The van der Waals surface area contributed by atoms with E-state index in [9.17, 15) is 17.6 Å². The Morgan fingerprint density at radius 3 is 2.17 bits per heavy atom. The maximum Gasteiger partial charge on any atom is 0.242 e. The van der Waals surface area contributed by atoms with Gasteiger partial charge >= 0.3 is 0 Å². The molecule has 0 aliphatic heterocycles. The first kappa shape index (κ1) is 17.1. The molecule has 23 heavy (non-hydrogen) atoms. The maximum absolute atomic E-state index is 12.8. The van der Waals surface area contributed by atoms with Crippen molar-refractivity contribution in [3.63, 3.8) is 0 Å². The zero-order valence-electron chi connectivity index (χ0n) is 12.7. The van der Waals surface area contributed by atoms with E-state index in [1.54, 1.807) is 12.1 Å². The lowest BCUT2D eigenvalue weighted by molar-refractivity contribution is -0.117. The molecule has 5 nitrogen and oxygen atoms in total. The average Bonchev–Trinajstić information content (AvgIpc) is 2.49. The van der Waals surface area contributed by atoms with Crippen LogP contribution in [0.3, 0.4) is 0 Å². The highest BCUT2D eigenvalue weighted by Gasteiger charge is 2.22. The predicted molar refractivity (Wildman–Crippen MR) is 86.0 cm³/mol. The molecule has 122 valence electrons. The van der Waals surface area contributed by atoms with Crippen LogP contribution in [-0.4, -0.2) is 20.4 Å². The van der Waals surface area contributed by atoms with Gasteiger partial charge < -0.3 is 5.32 Å². The van der Waals surface area contributed by atoms with E-state index >= 15 is 0 Å². The van der Waals surface area contributed by atoms with Crippen molar-refractivity contribution in [3.05, 3.63) is 59.9 Å². The molecule has 1 unspecified atom stereocenters. The van der Waals surface area contributed by atoms with E-state index in [4.69, 9.17) is 0 Å². The zero-order valence-corrected chi connectivity index (χ0v) is 13.5. The van der Waals surface area contributed by atoms with Gasteiger partial charge in [0.15, 0.2) is 0 Å². The molecular weight excluding hydrogens is 319 g/mol. The second-order valence-electron chi connectivity index (χ2n) is 5.15. The topological polar surface area (TPSA) is 75.3 Å². The van der Waals surface area contributed by atoms with Crippen LogP contribution in [0.25, 0.3) is 0 Å². The van der Waals surface area contributed by atoms with Gasteiger partial charge in [0.1, 0.15) is 5.82 Å². The molecule has 0 aromatic heterocycles. The predicted octanol–water partition coefficient (Wildman–Crippen LogP) is 2.44. The summed E-state index contributed by atoms with van der Waals surface area (Å²) in [6, 6.07) is 10.5. The zero-order chi connectivity index (χ0) is 17.0. The first-order valence-corrected chi connectivity index (χ1v) is 8.42. The van der Waals surface area contributed by atoms with Gasteiger partial charge in [0.2, 0.25) is 15.9 Å². The number of sulfonamides is 1. The lowest BCUT2D eigenvalue weighted by atomic mass is 10.2. The van der Waals surface area contributed by atoms with E-state index in [0.29, 0.717) is 5.69 Å². The fourth-order valence-corrected chi connectivity index (χ4v) is 3.06. The number of amides is 1. The number of hydrogen-bond acceptors (Lipinski definition) is 3. The molecule has 1 atom stereocenters. The number of rotatable bonds is 5. The fraction of sp³-hybridized carbons (Fsp3) is 0.188. The van der Waals surface area contributed by atoms with Crippen LogP contribution >= 0.6 is 0 Å². The number of nitrogens with one attached hydrogen (secondary N) is 2. The summed E-state index contributed by atoms with van der Waals surface area (Å²) in [7, 11) is -3.79. The van der Waals surface area contributed by atoms with Crippen molar-refractivity contribution in [2.45, 2.75) is 24.8 Å². The molecule has 0 saturated heterocycles. The van der Waals surface area contributed by atoms with Crippen LogP contribution in [0.4, 0.5) is 10.1 Å². The van der Waals surface area contributed by atoms with Crippen LogP contribution in [0, 0.1) is 12.7 Å². The lowest BCUT2D eigenvalue weighted by Gasteiger charge is -2.14. The van der Waals surface area contributed by atoms with Crippen LogP contribution in [0.1, 0.15) is 12.5 Å². The minimum Gasteiger partial charge on any atom is -0.325 e. The highest BCUT2D eigenvalue weighted by Crippen LogP contribution is 2.12. The quantitative estimate of drug-likeness (QED) is 0.880. The molecule has 2 aromatic rings. The monoisotopic (exact) mass is 336 g/mol. The van der Waals surface area contributed by atoms with Crippen molar-refractivity contribution < 1.29 is 17.6 Å². The number of anilines is 1. The normalized spacial score (nSPS) is 12.7. The van der Waals surface area contributed by atoms with Gasteiger partial charge in [-0.25, -0.2) is 12.8 Å². The summed E-state index contributed by atoms with van der Waals surface area (Å²) < 4.78 is 39.6. The Hall–Kier alpha value is -2.25. The Bertz CT molecular complexity index is 787. The van der Waals surface area contributed by atoms with Crippen LogP contribution < -0.4 is 10.0 Å². The number of benzene rings is 2. The van der Waals surface area contributed by atoms with E-state index in [1.165, 1.54) is 43.3 Å². The molecule has 0 aliphatic carbocycles. The van der Waals surface area contributed by atoms with Gasteiger partial charge in [-0.05, 0) is 50.2 Å². The SMILES string of the molecule is Cc1ccc(S(=O)(=O)NC(C)C(=O)Nc2ccc(F)cc2)cc1. The number of carbonyl (C=O) groups excluding carboxylic acids is 1. The van der Waals surface area contributed by atoms with E-state index in [2.05, 4.69) is 10.0 Å². The minimum atomic E-state index is -3.79. The summed E-state index contributed by atoms with van der Waals surface area (Å²) in [4.78, 5) is 12.1. The molecule has 1 amide bonds. The number of hydrogen-bond donors (Lipinski definition) is 2. The van der Waals surface area contributed by atoms with Gasteiger partial charge in [0.05, 0.1) is 10.9 Å². The molecule has 2 rings (SSSR count). The number of halogens is 1. The Morgan fingerprint density at radius 2 is 1.61 bits per heavy atom.